The second-order valence-corrected chi connectivity index (χ2v) is 3.28. The number of carbonyl (C=O) groups excluding carboxylic acids is 1. The van der Waals surface area contributed by atoms with Gasteiger partial charge in [-0.1, -0.05) is 11.3 Å². The van der Waals surface area contributed by atoms with Crippen LogP contribution in [0.25, 0.3) is 0 Å². The monoisotopic (exact) mass is 213 g/mol. The van der Waals surface area contributed by atoms with Crippen molar-refractivity contribution in [2.45, 2.75) is 13.8 Å². The van der Waals surface area contributed by atoms with Gasteiger partial charge >= 0.3 is 5.97 Å². The molecule has 1 N–H and O–H groups in total. The average Bonchev–Trinajstić information content (AvgIpc) is 2.56. The zero-order chi connectivity index (χ0) is 10.4. The van der Waals surface area contributed by atoms with Gasteiger partial charge in [0, 0.05) is 11.8 Å². The molecule has 14 heavy (non-hydrogen) atoms. The van der Waals surface area contributed by atoms with Gasteiger partial charge < -0.3 is 10.1 Å². The minimum Gasteiger partial charge on any atom is -0.463 e. The largest absolute Gasteiger partial charge is 0.463 e. The third kappa shape index (κ3) is 3.53. The molecule has 0 saturated carbocycles. The fourth-order valence-corrected chi connectivity index (χ4v) is 1.30. The summed E-state index contributed by atoms with van der Waals surface area (Å²) in [6.07, 6.45) is 1.38. The van der Waals surface area contributed by atoms with Crippen LogP contribution in [0.2, 0.25) is 0 Å². The zero-order valence-electron chi connectivity index (χ0n) is 7.98. The van der Waals surface area contributed by atoms with Gasteiger partial charge in [0.2, 0.25) is 5.13 Å². The van der Waals surface area contributed by atoms with Gasteiger partial charge in [-0.15, -0.1) is 10.2 Å². The normalized spacial score (nSPS) is 11.1. The highest BCUT2D eigenvalue weighted by Crippen LogP contribution is 2.10. The molecule has 0 aliphatic heterocycles. The van der Waals surface area contributed by atoms with Crippen LogP contribution in [0.5, 0.6) is 0 Å². The number of ether oxygens (including phenoxy) is 1. The molecule has 0 amide bonds. The SMILES string of the molecule is CCOC(=O)/C=C(\C)Nc1nncs1. The number of carbonyl (C=O) groups is 1. The van der Waals surface area contributed by atoms with E-state index in [4.69, 9.17) is 4.74 Å². The number of esters is 1. The van der Waals surface area contributed by atoms with Gasteiger partial charge in [-0.2, -0.15) is 0 Å². The Kier molecular flexibility index (Phi) is 4.06. The molecule has 0 aromatic carbocycles. The van der Waals surface area contributed by atoms with Crippen LogP contribution < -0.4 is 5.32 Å². The minimum atomic E-state index is -0.359. The highest BCUT2D eigenvalue weighted by Gasteiger charge is 2.00. The first-order valence-electron chi connectivity index (χ1n) is 4.10. The third-order valence-corrected chi connectivity index (χ3v) is 1.89. The van der Waals surface area contributed by atoms with Crippen molar-refractivity contribution >= 4 is 22.4 Å². The summed E-state index contributed by atoms with van der Waals surface area (Å²) in [5, 5.41) is 11.0. The van der Waals surface area contributed by atoms with E-state index < -0.39 is 0 Å². The Bertz CT molecular complexity index is 321. The quantitative estimate of drug-likeness (QED) is 0.605. The van der Waals surface area contributed by atoms with Crippen molar-refractivity contribution in [3.63, 3.8) is 0 Å². The van der Waals surface area contributed by atoms with Crippen molar-refractivity contribution in [1.82, 2.24) is 10.2 Å². The molecule has 1 rings (SSSR count). The molecule has 0 bridgehead atoms. The molecular weight excluding hydrogens is 202 g/mol. The van der Waals surface area contributed by atoms with Crippen LogP contribution in [-0.4, -0.2) is 22.8 Å². The van der Waals surface area contributed by atoms with Gasteiger partial charge in [-0.25, -0.2) is 4.79 Å². The van der Waals surface area contributed by atoms with Crippen molar-refractivity contribution in [3.05, 3.63) is 17.3 Å². The first kappa shape index (κ1) is 10.6. The van der Waals surface area contributed by atoms with E-state index in [-0.39, 0.29) is 5.97 Å². The maximum absolute atomic E-state index is 11.0. The predicted molar refractivity (Wildman–Crippen MR) is 53.9 cm³/mol. The first-order valence-corrected chi connectivity index (χ1v) is 4.98. The standard InChI is InChI=1S/C8H11N3O2S/c1-3-13-7(12)4-6(2)10-8-11-9-5-14-8/h4-5H,3H2,1-2H3,(H,10,11)/b6-4+. The first-order chi connectivity index (χ1) is 6.72. The molecule has 1 heterocycles. The molecule has 6 heteroatoms. The third-order valence-electron chi connectivity index (χ3n) is 1.29. The lowest BCUT2D eigenvalue weighted by Gasteiger charge is -2.01. The van der Waals surface area contributed by atoms with E-state index in [0.717, 1.165) is 0 Å². The Morgan fingerprint density at radius 2 is 2.57 bits per heavy atom. The van der Waals surface area contributed by atoms with Crippen LogP contribution >= 0.6 is 11.3 Å². The van der Waals surface area contributed by atoms with E-state index >= 15 is 0 Å². The van der Waals surface area contributed by atoms with Crippen LogP contribution in [0.4, 0.5) is 5.13 Å². The second-order valence-electron chi connectivity index (χ2n) is 2.45. The summed E-state index contributed by atoms with van der Waals surface area (Å²) in [4.78, 5) is 11.0. The topological polar surface area (TPSA) is 64.1 Å². The lowest BCUT2D eigenvalue weighted by atomic mass is 10.4. The summed E-state index contributed by atoms with van der Waals surface area (Å²) in [5.41, 5.74) is 2.29. The summed E-state index contributed by atoms with van der Waals surface area (Å²) in [6, 6.07) is 0. The van der Waals surface area contributed by atoms with Crippen LogP contribution in [0.3, 0.4) is 0 Å². The van der Waals surface area contributed by atoms with Crippen LogP contribution in [0, 0.1) is 0 Å². The molecule has 5 nitrogen and oxygen atoms in total. The van der Waals surface area contributed by atoms with Gasteiger partial charge in [0.05, 0.1) is 6.61 Å². The number of nitrogens with zero attached hydrogens (tertiary/aromatic N) is 2. The lowest BCUT2D eigenvalue weighted by molar-refractivity contribution is -0.137. The summed E-state index contributed by atoms with van der Waals surface area (Å²) in [5.74, 6) is -0.359. The molecule has 76 valence electrons. The average molecular weight is 213 g/mol. The van der Waals surface area contributed by atoms with Gasteiger partial charge in [0.1, 0.15) is 5.51 Å². The van der Waals surface area contributed by atoms with E-state index in [9.17, 15) is 4.79 Å². The highest BCUT2D eigenvalue weighted by molar-refractivity contribution is 7.13. The van der Waals surface area contributed by atoms with Crippen molar-refractivity contribution in [2.24, 2.45) is 0 Å². The van der Waals surface area contributed by atoms with E-state index in [1.807, 2.05) is 0 Å². The molecule has 0 saturated heterocycles. The van der Waals surface area contributed by atoms with Crippen LogP contribution in [0.1, 0.15) is 13.8 Å². The Hall–Kier alpha value is -1.43. The number of hydrogen-bond acceptors (Lipinski definition) is 6. The van der Waals surface area contributed by atoms with E-state index in [1.165, 1.54) is 17.4 Å². The van der Waals surface area contributed by atoms with Crippen LogP contribution in [0.15, 0.2) is 17.3 Å². The van der Waals surface area contributed by atoms with E-state index in [2.05, 4.69) is 15.5 Å². The molecule has 0 aliphatic carbocycles. The van der Waals surface area contributed by atoms with Crippen LogP contribution in [-0.2, 0) is 9.53 Å². The van der Waals surface area contributed by atoms with Gasteiger partial charge in [0.25, 0.3) is 0 Å². The zero-order valence-corrected chi connectivity index (χ0v) is 8.80. The Morgan fingerprint density at radius 1 is 1.79 bits per heavy atom. The van der Waals surface area contributed by atoms with E-state index in [0.29, 0.717) is 17.4 Å². The molecule has 0 unspecified atom stereocenters. The van der Waals surface area contributed by atoms with Gasteiger partial charge in [-0.05, 0) is 13.8 Å². The summed E-state index contributed by atoms with van der Waals surface area (Å²) in [6.45, 7) is 3.90. The summed E-state index contributed by atoms with van der Waals surface area (Å²) >= 11 is 1.37. The molecule has 0 fully saturated rings. The molecule has 1 aromatic heterocycles. The molecule has 0 radical (unpaired) electrons. The van der Waals surface area contributed by atoms with Crippen molar-refractivity contribution in [3.8, 4) is 0 Å². The predicted octanol–water partition coefficient (Wildman–Crippen LogP) is 1.42. The second kappa shape index (κ2) is 5.33. The smallest absolute Gasteiger partial charge is 0.332 e. The molecular formula is C8H11N3O2S. The Labute approximate surface area is 85.8 Å². The Morgan fingerprint density at radius 3 is 3.14 bits per heavy atom. The molecule has 1 aromatic rings. The number of aromatic nitrogens is 2. The van der Waals surface area contributed by atoms with Crippen molar-refractivity contribution in [2.75, 3.05) is 11.9 Å². The van der Waals surface area contributed by atoms with Gasteiger partial charge in [-0.3, -0.25) is 0 Å². The van der Waals surface area contributed by atoms with E-state index in [1.54, 1.807) is 19.4 Å². The minimum absolute atomic E-state index is 0.359. The van der Waals surface area contributed by atoms with Crippen molar-refractivity contribution in [1.29, 1.82) is 0 Å². The maximum Gasteiger partial charge on any atom is 0.332 e. The number of rotatable bonds is 4. The number of hydrogen-bond donors (Lipinski definition) is 1. The fraction of sp³-hybridized carbons (Fsp3) is 0.375. The summed E-state index contributed by atoms with van der Waals surface area (Å²) in [7, 11) is 0. The number of nitrogens with one attached hydrogen (secondary N) is 1. The number of allylic oxidation sites excluding steroid dienone is 1. The lowest BCUT2D eigenvalue weighted by Crippen LogP contribution is -2.04. The number of anilines is 1. The maximum atomic E-state index is 11.0. The Balaban J connectivity index is 2.49. The van der Waals surface area contributed by atoms with Gasteiger partial charge in [0.15, 0.2) is 0 Å². The molecule has 0 atom stereocenters. The van der Waals surface area contributed by atoms with Crippen molar-refractivity contribution < 1.29 is 9.53 Å². The summed E-state index contributed by atoms with van der Waals surface area (Å²) < 4.78 is 4.74. The fourth-order valence-electron chi connectivity index (χ4n) is 0.793. The molecule has 0 spiro atoms. The highest BCUT2D eigenvalue weighted by atomic mass is 32.1. The molecule has 0 aliphatic rings.